The first kappa shape index (κ1) is 20.1. The number of thioether (sulfide) groups is 1. The van der Waals surface area contributed by atoms with Crippen molar-refractivity contribution in [2.75, 3.05) is 39.0 Å². The molecule has 1 aromatic heterocycles. The number of ether oxygens (including phenoxy) is 1. The number of nitrogens with one attached hydrogen (secondary N) is 1. The van der Waals surface area contributed by atoms with Gasteiger partial charge in [-0.3, -0.25) is 9.59 Å². The number of hydrogen-bond donors (Lipinski definition) is 1. The Bertz CT molecular complexity index is 758. The molecule has 0 aliphatic heterocycles. The van der Waals surface area contributed by atoms with Crippen LogP contribution in [0.3, 0.4) is 0 Å². The second kappa shape index (κ2) is 9.47. The van der Waals surface area contributed by atoms with Gasteiger partial charge in [0.2, 0.25) is 11.8 Å². The van der Waals surface area contributed by atoms with Crippen molar-refractivity contribution in [2.45, 2.75) is 25.9 Å². The highest BCUT2D eigenvalue weighted by Gasteiger charge is 2.17. The van der Waals surface area contributed by atoms with Crippen molar-refractivity contribution in [2.24, 2.45) is 0 Å². The molecule has 0 saturated carbocycles. The fraction of sp³-hybridized carbons (Fsp3) is 0.500. The van der Waals surface area contributed by atoms with Crippen LogP contribution < -0.4 is 4.74 Å². The number of carbonyl (C=O) groups is 2. The minimum Gasteiger partial charge on any atom is -0.494 e. The van der Waals surface area contributed by atoms with Crippen LogP contribution in [0.25, 0.3) is 11.0 Å². The molecule has 0 aliphatic rings. The number of amides is 2. The molecule has 2 rings (SSSR count). The van der Waals surface area contributed by atoms with Crippen molar-refractivity contribution in [1.82, 2.24) is 19.8 Å². The molecule has 1 N–H and O–H groups in total. The number of fused-ring (bicyclic) bond motifs is 1. The average molecular weight is 378 g/mol. The third kappa shape index (κ3) is 5.14. The molecule has 8 heteroatoms. The smallest absolute Gasteiger partial charge is 0.242 e. The molecule has 0 saturated heterocycles. The third-order valence-electron chi connectivity index (χ3n) is 3.99. The second-order valence-corrected chi connectivity index (χ2v) is 6.72. The topological polar surface area (TPSA) is 78.5 Å². The first-order valence-electron chi connectivity index (χ1n) is 8.75. The van der Waals surface area contributed by atoms with Gasteiger partial charge in [0.25, 0.3) is 0 Å². The normalized spacial score (nSPS) is 10.8. The van der Waals surface area contributed by atoms with E-state index in [1.54, 1.807) is 11.9 Å². The summed E-state index contributed by atoms with van der Waals surface area (Å²) in [7, 11) is 1.65. The minimum absolute atomic E-state index is 0.0389. The first-order valence-corrected chi connectivity index (χ1v) is 9.74. The number of hydrogen-bond acceptors (Lipinski definition) is 5. The lowest BCUT2D eigenvalue weighted by Crippen LogP contribution is -2.41. The number of likely N-dealkylation sites (N-methyl/N-ethyl adjacent to an activating group) is 2. The molecule has 2 aromatic rings. The Hall–Kier alpha value is -2.22. The Morgan fingerprint density at radius 1 is 1.19 bits per heavy atom. The molecule has 7 nitrogen and oxygen atoms in total. The van der Waals surface area contributed by atoms with E-state index in [0.717, 1.165) is 16.8 Å². The zero-order valence-corrected chi connectivity index (χ0v) is 16.6. The zero-order valence-electron chi connectivity index (χ0n) is 15.7. The van der Waals surface area contributed by atoms with Crippen molar-refractivity contribution >= 4 is 34.6 Å². The van der Waals surface area contributed by atoms with Crippen LogP contribution in [0, 0.1) is 0 Å². The van der Waals surface area contributed by atoms with Gasteiger partial charge in [-0.1, -0.05) is 11.8 Å². The van der Waals surface area contributed by atoms with E-state index < -0.39 is 0 Å². The van der Waals surface area contributed by atoms with E-state index in [2.05, 4.69) is 9.97 Å². The lowest BCUT2D eigenvalue weighted by atomic mass is 10.3. The summed E-state index contributed by atoms with van der Waals surface area (Å²) in [5.41, 5.74) is 1.70. The van der Waals surface area contributed by atoms with E-state index in [4.69, 9.17) is 4.74 Å². The number of imidazole rings is 1. The molecule has 0 radical (unpaired) electrons. The predicted molar refractivity (Wildman–Crippen MR) is 104 cm³/mol. The largest absolute Gasteiger partial charge is 0.494 e. The quantitative estimate of drug-likeness (QED) is 0.678. The summed E-state index contributed by atoms with van der Waals surface area (Å²) in [5, 5.41) is 0.672. The lowest BCUT2D eigenvalue weighted by Gasteiger charge is -2.23. The molecule has 0 spiro atoms. The van der Waals surface area contributed by atoms with Crippen LogP contribution in [0.5, 0.6) is 5.75 Å². The molecule has 142 valence electrons. The molecule has 0 fully saturated rings. The number of aromatic amines is 1. The van der Waals surface area contributed by atoms with Crippen molar-refractivity contribution in [1.29, 1.82) is 0 Å². The summed E-state index contributed by atoms with van der Waals surface area (Å²) in [5.74, 6) is 0.861. The van der Waals surface area contributed by atoms with Crippen LogP contribution in [0.15, 0.2) is 23.4 Å². The van der Waals surface area contributed by atoms with Crippen LogP contribution in [0.4, 0.5) is 0 Å². The van der Waals surface area contributed by atoms with Crippen LogP contribution in [0.1, 0.15) is 20.8 Å². The molecule has 1 heterocycles. The van der Waals surface area contributed by atoms with Gasteiger partial charge in [-0.25, -0.2) is 4.98 Å². The Morgan fingerprint density at radius 2 is 1.92 bits per heavy atom. The molecule has 2 amide bonds. The highest BCUT2D eigenvalue weighted by Crippen LogP contribution is 2.23. The molecule has 0 aliphatic carbocycles. The number of H-pyrrole nitrogens is 1. The summed E-state index contributed by atoms with van der Waals surface area (Å²) in [4.78, 5) is 35.2. The summed E-state index contributed by atoms with van der Waals surface area (Å²) in [6, 6.07) is 5.66. The average Bonchev–Trinajstić information content (AvgIpc) is 3.03. The highest BCUT2D eigenvalue weighted by atomic mass is 32.2. The summed E-state index contributed by atoms with van der Waals surface area (Å²) < 4.78 is 5.48. The Balaban J connectivity index is 1.92. The zero-order chi connectivity index (χ0) is 19.1. The molecule has 0 unspecified atom stereocenters. The number of nitrogens with zero attached hydrogens (tertiary/aromatic N) is 3. The van der Waals surface area contributed by atoms with E-state index in [0.29, 0.717) is 24.9 Å². The fourth-order valence-electron chi connectivity index (χ4n) is 2.50. The van der Waals surface area contributed by atoms with E-state index in [1.807, 2.05) is 39.0 Å². The van der Waals surface area contributed by atoms with Crippen LogP contribution >= 0.6 is 11.8 Å². The molecule has 0 atom stereocenters. The summed E-state index contributed by atoms with van der Waals surface area (Å²) >= 11 is 1.33. The molecular formula is C18H26N4O3S. The number of aromatic nitrogens is 2. The van der Waals surface area contributed by atoms with Crippen LogP contribution in [-0.4, -0.2) is 70.6 Å². The van der Waals surface area contributed by atoms with Gasteiger partial charge in [-0.2, -0.15) is 0 Å². The predicted octanol–water partition coefficient (Wildman–Crippen LogP) is 2.38. The van der Waals surface area contributed by atoms with Gasteiger partial charge in [0.15, 0.2) is 5.16 Å². The van der Waals surface area contributed by atoms with Gasteiger partial charge in [0.1, 0.15) is 5.75 Å². The van der Waals surface area contributed by atoms with Crippen LogP contribution in [0.2, 0.25) is 0 Å². The summed E-state index contributed by atoms with van der Waals surface area (Å²) in [6.45, 7) is 7.79. The third-order valence-corrected chi connectivity index (χ3v) is 4.85. The fourth-order valence-corrected chi connectivity index (χ4v) is 3.32. The van der Waals surface area contributed by atoms with Gasteiger partial charge in [0.05, 0.1) is 29.9 Å². The lowest BCUT2D eigenvalue weighted by molar-refractivity contribution is -0.137. The molecule has 26 heavy (non-hydrogen) atoms. The number of carbonyl (C=O) groups excluding carboxylic acids is 2. The maximum atomic E-state index is 12.3. The minimum atomic E-state index is -0.106. The van der Waals surface area contributed by atoms with E-state index in [1.165, 1.54) is 16.7 Å². The Morgan fingerprint density at radius 3 is 2.58 bits per heavy atom. The summed E-state index contributed by atoms with van der Waals surface area (Å²) in [6.07, 6.45) is 0. The molecule has 1 aromatic carbocycles. The number of benzene rings is 1. The van der Waals surface area contributed by atoms with Gasteiger partial charge in [-0.15, -0.1) is 0 Å². The van der Waals surface area contributed by atoms with Gasteiger partial charge in [-0.05, 0) is 32.9 Å². The van der Waals surface area contributed by atoms with Crippen molar-refractivity contribution in [3.05, 3.63) is 18.2 Å². The Labute approximate surface area is 158 Å². The van der Waals surface area contributed by atoms with E-state index in [9.17, 15) is 9.59 Å². The molecular weight excluding hydrogens is 352 g/mol. The van der Waals surface area contributed by atoms with Crippen LogP contribution in [-0.2, 0) is 9.59 Å². The highest BCUT2D eigenvalue weighted by molar-refractivity contribution is 7.99. The SMILES string of the molecule is CCOc1ccc2nc(SCC(=O)N(C)CC(=O)N(CC)CC)[nH]c2c1. The number of rotatable bonds is 9. The molecule has 0 bridgehead atoms. The van der Waals surface area contributed by atoms with Gasteiger partial charge < -0.3 is 19.5 Å². The van der Waals surface area contributed by atoms with Gasteiger partial charge in [0, 0.05) is 26.2 Å². The van der Waals surface area contributed by atoms with E-state index in [-0.39, 0.29) is 24.1 Å². The standard InChI is InChI=1S/C18H26N4O3S/c1-5-22(6-2)16(23)11-21(4)17(24)12-26-18-19-14-9-8-13(25-7-3)10-15(14)20-18/h8-10H,5-7,11-12H2,1-4H3,(H,19,20). The Kier molecular flexibility index (Phi) is 7.32. The van der Waals surface area contributed by atoms with Crippen molar-refractivity contribution in [3.63, 3.8) is 0 Å². The monoisotopic (exact) mass is 378 g/mol. The first-order chi connectivity index (χ1) is 12.5. The van der Waals surface area contributed by atoms with E-state index >= 15 is 0 Å². The van der Waals surface area contributed by atoms with Gasteiger partial charge >= 0.3 is 0 Å². The maximum Gasteiger partial charge on any atom is 0.242 e. The maximum absolute atomic E-state index is 12.3. The van der Waals surface area contributed by atoms with Crippen molar-refractivity contribution in [3.8, 4) is 5.75 Å². The second-order valence-electron chi connectivity index (χ2n) is 5.76. The van der Waals surface area contributed by atoms with Crippen molar-refractivity contribution < 1.29 is 14.3 Å².